The lowest BCUT2D eigenvalue weighted by Crippen LogP contribution is -1.99. The van der Waals surface area contributed by atoms with Gasteiger partial charge in [0.05, 0.1) is 6.07 Å². The fourth-order valence-electron chi connectivity index (χ4n) is 1.59. The molecule has 1 aliphatic rings. The zero-order valence-electron chi connectivity index (χ0n) is 10.00. The predicted molar refractivity (Wildman–Crippen MR) is 69.7 cm³/mol. The molecule has 0 fully saturated rings. The van der Waals surface area contributed by atoms with Gasteiger partial charge in [-0.3, -0.25) is 0 Å². The molecule has 0 unspecified atom stereocenters. The van der Waals surface area contributed by atoms with Gasteiger partial charge in [-0.25, -0.2) is 0 Å². The Hall–Kier alpha value is -1.77. The minimum absolute atomic E-state index is 0.656. The summed E-state index contributed by atoms with van der Waals surface area (Å²) in [5.41, 5.74) is 3.71. The lowest BCUT2D eigenvalue weighted by atomic mass is 10.1. The molecule has 1 aromatic rings. The fourth-order valence-corrected chi connectivity index (χ4v) is 1.59. The lowest BCUT2D eigenvalue weighted by molar-refractivity contribution is 0.765. The number of nitriles is 1. The molecule has 2 heteroatoms. The van der Waals surface area contributed by atoms with E-state index in [9.17, 15) is 0 Å². The lowest BCUT2D eigenvalue weighted by Gasteiger charge is -1.96. The number of fused-ring (bicyclic) bond motifs is 1. The van der Waals surface area contributed by atoms with Crippen LogP contribution in [0.3, 0.4) is 0 Å². The maximum Gasteiger partial charge on any atom is 0.0621 e. The number of terminal acetylenes is 1. The Labute approximate surface area is 104 Å². The SMILES string of the molecule is C#Cc1ccc2c(c1)CNC2.[CH2]CCCC#N. The molecule has 0 saturated carbocycles. The molecule has 0 aromatic heterocycles. The Morgan fingerprint density at radius 2 is 2.12 bits per heavy atom. The molecule has 0 bridgehead atoms. The Bertz CT molecular complexity index is 435. The molecule has 0 spiro atoms. The second-order valence-corrected chi connectivity index (χ2v) is 3.85. The van der Waals surface area contributed by atoms with Crippen molar-refractivity contribution < 1.29 is 0 Å². The van der Waals surface area contributed by atoms with E-state index in [-0.39, 0.29) is 0 Å². The Balaban J connectivity index is 0.000000209. The zero-order chi connectivity index (χ0) is 12.5. The van der Waals surface area contributed by atoms with Crippen molar-refractivity contribution in [2.75, 3.05) is 0 Å². The first-order chi connectivity index (χ1) is 8.31. The average Bonchev–Trinajstić information content (AvgIpc) is 2.84. The van der Waals surface area contributed by atoms with Crippen LogP contribution in [-0.4, -0.2) is 0 Å². The van der Waals surface area contributed by atoms with Crippen molar-refractivity contribution in [3.8, 4) is 18.4 Å². The number of nitrogens with one attached hydrogen (secondary N) is 1. The van der Waals surface area contributed by atoms with Gasteiger partial charge in [-0.05, 0) is 29.7 Å². The number of hydrogen-bond acceptors (Lipinski definition) is 2. The molecule has 1 radical (unpaired) electrons. The molecule has 0 aliphatic carbocycles. The van der Waals surface area contributed by atoms with Crippen LogP contribution in [-0.2, 0) is 13.1 Å². The molecule has 0 amide bonds. The van der Waals surface area contributed by atoms with Gasteiger partial charge < -0.3 is 5.32 Å². The molecule has 0 saturated heterocycles. The molecule has 2 nitrogen and oxygen atoms in total. The third kappa shape index (κ3) is 4.31. The van der Waals surface area contributed by atoms with Crippen LogP contribution in [0.2, 0.25) is 0 Å². The van der Waals surface area contributed by atoms with Crippen molar-refractivity contribution in [2.45, 2.75) is 32.4 Å². The van der Waals surface area contributed by atoms with Crippen LogP contribution in [0.15, 0.2) is 18.2 Å². The van der Waals surface area contributed by atoms with Gasteiger partial charge in [0.1, 0.15) is 0 Å². The molecule has 1 aliphatic heterocycles. The normalized spacial score (nSPS) is 11.7. The van der Waals surface area contributed by atoms with E-state index in [0.29, 0.717) is 6.42 Å². The number of benzene rings is 1. The first-order valence-corrected chi connectivity index (χ1v) is 5.77. The summed E-state index contributed by atoms with van der Waals surface area (Å²) in [6.45, 7) is 5.52. The van der Waals surface area contributed by atoms with E-state index >= 15 is 0 Å². The number of unbranched alkanes of at least 4 members (excludes halogenated alkanes) is 2. The van der Waals surface area contributed by atoms with Crippen molar-refractivity contribution >= 4 is 0 Å². The summed E-state index contributed by atoms with van der Waals surface area (Å²) in [7, 11) is 0. The molecule has 2 rings (SSSR count). The summed E-state index contributed by atoms with van der Waals surface area (Å²) < 4.78 is 0. The number of hydrogen-bond donors (Lipinski definition) is 1. The maximum atomic E-state index is 7.92. The molecule has 17 heavy (non-hydrogen) atoms. The van der Waals surface area contributed by atoms with Crippen LogP contribution < -0.4 is 5.32 Å². The highest BCUT2D eigenvalue weighted by Crippen LogP contribution is 2.16. The van der Waals surface area contributed by atoms with Gasteiger partial charge in [0, 0.05) is 25.1 Å². The first-order valence-electron chi connectivity index (χ1n) is 5.77. The van der Waals surface area contributed by atoms with Crippen molar-refractivity contribution in [2.24, 2.45) is 0 Å². The molecular formula is C15H17N2. The monoisotopic (exact) mass is 225 g/mol. The van der Waals surface area contributed by atoms with E-state index in [1.807, 2.05) is 12.1 Å². The van der Waals surface area contributed by atoms with Gasteiger partial charge in [0.2, 0.25) is 0 Å². The molecular weight excluding hydrogens is 208 g/mol. The van der Waals surface area contributed by atoms with Gasteiger partial charge in [-0.15, -0.1) is 6.42 Å². The minimum atomic E-state index is 0.656. The third-order valence-corrected chi connectivity index (χ3v) is 2.54. The summed E-state index contributed by atoms with van der Waals surface area (Å²) in [5.74, 6) is 2.63. The van der Waals surface area contributed by atoms with E-state index in [1.54, 1.807) is 0 Å². The van der Waals surface area contributed by atoms with Gasteiger partial charge in [0.25, 0.3) is 0 Å². The van der Waals surface area contributed by atoms with E-state index < -0.39 is 0 Å². The average molecular weight is 225 g/mol. The van der Waals surface area contributed by atoms with E-state index in [2.05, 4.69) is 30.3 Å². The van der Waals surface area contributed by atoms with Crippen LogP contribution >= 0.6 is 0 Å². The van der Waals surface area contributed by atoms with Crippen molar-refractivity contribution in [1.82, 2.24) is 5.32 Å². The highest BCUT2D eigenvalue weighted by atomic mass is 14.9. The molecule has 0 atom stereocenters. The minimum Gasteiger partial charge on any atom is -0.309 e. The maximum absolute atomic E-state index is 7.92. The number of nitrogens with zero attached hydrogens (tertiary/aromatic N) is 1. The van der Waals surface area contributed by atoms with Gasteiger partial charge >= 0.3 is 0 Å². The van der Waals surface area contributed by atoms with Gasteiger partial charge in [-0.1, -0.05) is 25.3 Å². The summed E-state index contributed by atoms with van der Waals surface area (Å²) in [6, 6.07) is 8.20. The van der Waals surface area contributed by atoms with Crippen molar-refractivity contribution in [3.63, 3.8) is 0 Å². The van der Waals surface area contributed by atoms with Crippen molar-refractivity contribution in [3.05, 3.63) is 41.8 Å². The summed E-state index contributed by atoms with van der Waals surface area (Å²) in [6.07, 6.45) is 7.75. The van der Waals surface area contributed by atoms with Crippen LogP contribution in [0.5, 0.6) is 0 Å². The van der Waals surface area contributed by atoms with Crippen LogP contribution in [0.4, 0.5) is 0 Å². The largest absolute Gasteiger partial charge is 0.309 e. The second-order valence-electron chi connectivity index (χ2n) is 3.85. The standard InChI is InChI=1S/C10H9N.C5H8N/c1-2-8-3-4-9-6-11-7-10(9)5-8;1-2-3-4-5-6/h1,3-5,11H,6-7H2;1-4H2. The van der Waals surface area contributed by atoms with E-state index in [0.717, 1.165) is 31.5 Å². The van der Waals surface area contributed by atoms with Crippen molar-refractivity contribution in [1.29, 1.82) is 5.26 Å². The predicted octanol–water partition coefficient (Wildman–Crippen LogP) is 2.79. The van der Waals surface area contributed by atoms with Gasteiger partial charge in [-0.2, -0.15) is 5.26 Å². The molecule has 1 N–H and O–H groups in total. The molecule has 1 aromatic carbocycles. The molecule has 87 valence electrons. The van der Waals surface area contributed by atoms with E-state index in [1.165, 1.54) is 11.1 Å². The quantitative estimate of drug-likeness (QED) is 0.620. The first kappa shape index (κ1) is 13.3. The smallest absolute Gasteiger partial charge is 0.0621 e. The zero-order valence-corrected chi connectivity index (χ0v) is 10.00. The van der Waals surface area contributed by atoms with Crippen LogP contribution in [0, 0.1) is 30.6 Å². The summed E-state index contributed by atoms with van der Waals surface area (Å²) >= 11 is 0. The Kier molecular flexibility index (Phi) is 5.86. The fraction of sp³-hybridized carbons (Fsp3) is 0.333. The second kappa shape index (κ2) is 7.49. The third-order valence-electron chi connectivity index (χ3n) is 2.54. The highest BCUT2D eigenvalue weighted by molar-refractivity contribution is 5.41. The summed E-state index contributed by atoms with van der Waals surface area (Å²) in [5, 5.41) is 11.2. The Morgan fingerprint density at radius 3 is 2.71 bits per heavy atom. The summed E-state index contributed by atoms with van der Waals surface area (Å²) in [4.78, 5) is 0. The van der Waals surface area contributed by atoms with Gasteiger partial charge in [0.15, 0.2) is 0 Å². The molecule has 1 heterocycles. The van der Waals surface area contributed by atoms with E-state index in [4.69, 9.17) is 11.7 Å². The van der Waals surface area contributed by atoms with Crippen LogP contribution in [0.25, 0.3) is 0 Å². The van der Waals surface area contributed by atoms with Crippen LogP contribution in [0.1, 0.15) is 36.0 Å². The topological polar surface area (TPSA) is 35.8 Å². The highest BCUT2D eigenvalue weighted by Gasteiger charge is 2.08. The Morgan fingerprint density at radius 1 is 1.35 bits per heavy atom. The number of rotatable bonds is 2.